The molecule has 1 heterocycles. The molecule has 0 fully saturated rings. The topological polar surface area (TPSA) is 68.0 Å². The van der Waals surface area contributed by atoms with Crippen LogP contribution < -0.4 is 11.1 Å². The lowest BCUT2D eigenvalue weighted by molar-refractivity contribution is 0.102. The number of carbonyl (C=O) groups excluding carboxylic acids is 1. The summed E-state index contributed by atoms with van der Waals surface area (Å²) in [6, 6.07) is 8.82. The molecule has 1 amide bonds. The number of anilines is 2. The highest BCUT2D eigenvalue weighted by atomic mass is 19.1. The van der Waals surface area contributed by atoms with Gasteiger partial charge in [0.05, 0.1) is 0 Å². The predicted molar refractivity (Wildman–Crippen MR) is 81.7 cm³/mol. The number of benzene rings is 1. The summed E-state index contributed by atoms with van der Waals surface area (Å²) in [7, 11) is 0. The van der Waals surface area contributed by atoms with Crippen molar-refractivity contribution in [1.82, 2.24) is 4.98 Å². The van der Waals surface area contributed by atoms with Crippen LogP contribution in [-0.4, -0.2) is 10.9 Å². The zero-order chi connectivity index (χ0) is 15.6. The quantitative estimate of drug-likeness (QED) is 0.890. The molecule has 0 spiro atoms. The molecule has 2 aromatic rings. The number of pyridine rings is 1. The maximum Gasteiger partial charge on any atom is 0.255 e. The number of rotatable bonds is 2. The average Bonchev–Trinajstić information content (AvgIpc) is 2.39. The third kappa shape index (κ3) is 3.78. The molecule has 4 nitrogen and oxygen atoms in total. The summed E-state index contributed by atoms with van der Waals surface area (Å²) in [5, 5.41) is 2.70. The highest BCUT2D eigenvalue weighted by Gasteiger charge is 2.18. The van der Waals surface area contributed by atoms with E-state index in [9.17, 15) is 9.18 Å². The van der Waals surface area contributed by atoms with Crippen molar-refractivity contribution in [3.8, 4) is 0 Å². The number of hydrogen-bond donors (Lipinski definition) is 2. The van der Waals surface area contributed by atoms with Gasteiger partial charge in [0, 0.05) is 22.4 Å². The van der Waals surface area contributed by atoms with Gasteiger partial charge in [-0.25, -0.2) is 9.37 Å². The van der Waals surface area contributed by atoms with Crippen LogP contribution in [-0.2, 0) is 5.41 Å². The molecule has 0 aliphatic carbocycles. The summed E-state index contributed by atoms with van der Waals surface area (Å²) < 4.78 is 12.8. The largest absolute Gasteiger partial charge is 0.384 e. The third-order valence-electron chi connectivity index (χ3n) is 2.98. The number of halogens is 1. The lowest BCUT2D eigenvalue weighted by Gasteiger charge is -2.19. The molecule has 3 N–H and O–H groups in total. The van der Waals surface area contributed by atoms with Crippen molar-refractivity contribution in [3.05, 3.63) is 53.5 Å². The first-order valence-electron chi connectivity index (χ1n) is 6.61. The fourth-order valence-corrected chi connectivity index (χ4v) is 1.80. The maximum absolute atomic E-state index is 12.8. The zero-order valence-electron chi connectivity index (χ0n) is 12.3. The Labute approximate surface area is 123 Å². The van der Waals surface area contributed by atoms with Gasteiger partial charge in [0.15, 0.2) is 0 Å². The Morgan fingerprint density at radius 2 is 1.81 bits per heavy atom. The fourth-order valence-electron chi connectivity index (χ4n) is 1.80. The van der Waals surface area contributed by atoms with Gasteiger partial charge in [-0.2, -0.15) is 0 Å². The number of nitrogen functional groups attached to an aromatic ring is 1. The second-order valence-corrected chi connectivity index (χ2v) is 5.88. The van der Waals surface area contributed by atoms with Crippen LogP contribution in [0.2, 0.25) is 0 Å². The van der Waals surface area contributed by atoms with E-state index in [4.69, 9.17) is 5.73 Å². The lowest BCUT2D eigenvalue weighted by Crippen LogP contribution is -2.18. The smallest absolute Gasteiger partial charge is 0.255 e. The Morgan fingerprint density at radius 1 is 1.19 bits per heavy atom. The van der Waals surface area contributed by atoms with Gasteiger partial charge < -0.3 is 11.1 Å². The van der Waals surface area contributed by atoms with Crippen molar-refractivity contribution in [2.45, 2.75) is 26.2 Å². The Kier molecular flexibility index (Phi) is 3.93. The number of nitrogens with zero attached hydrogens (tertiary/aromatic N) is 1. The van der Waals surface area contributed by atoms with Gasteiger partial charge in [0.25, 0.3) is 5.91 Å². The van der Waals surface area contributed by atoms with E-state index in [0.29, 0.717) is 17.1 Å². The van der Waals surface area contributed by atoms with Crippen molar-refractivity contribution in [1.29, 1.82) is 0 Å². The first-order chi connectivity index (χ1) is 9.75. The molecule has 2 rings (SSSR count). The van der Waals surface area contributed by atoms with Crippen molar-refractivity contribution < 1.29 is 9.18 Å². The molecule has 0 aliphatic heterocycles. The number of nitrogens with one attached hydrogen (secondary N) is 1. The van der Waals surface area contributed by atoms with Gasteiger partial charge in [-0.15, -0.1) is 0 Å². The third-order valence-corrected chi connectivity index (χ3v) is 2.98. The molecule has 0 saturated carbocycles. The maximum atomic E-state index is 12.8. The van der Waals surface area contributed by atoms with Crippen LogP contribution >= 0.6 is 0 Å². The van der Waals surface area contributed by atoms with Crippen molar-refractivity contribution >= 4 is 17.4 Å². The van der Waals surface area contributed by atoms with Crippen LogP contribution in [0.3, 0.4) is 0 Å². The summed E-state index contributed by atoms with van der Waals surface area (Å²) in [5.41, 5.74) is 7.25. The number of nitrogens with two attached hydrogens (primary N) is 1. The van der Waals surface area contributed by atoms with E-state index in [1.165, 1.54) is 30.3 Å². The molecule has 0 radical (unpaired) electrons. The normalized spacial score (nSPS) is 11.2. The summed E-state index contributed by atoms with van der Waals surface area (Å²) in [5.74, 6) is -0.357. The van der Waals surface area contributed by atoms with Crippen LogP contribution in [0.4, 0.5) is 15.9 Å². The number of aromatic nitrogens is 1. The van der Waals surface area contributed by atoms with E-state index in [0.717, 1.165) is 5.69 Å². The molecule has 1 aromatic heterocycles. The van der Waals surface area contributed by atoms with Crippen molar-refractivity contribution in [3.63, 3.8) is 0 Å². The molecular weight excluding hydrogens is 269 g/mol. The van der Waals surface area contributed by atoms with Crippen LogP contribution in [0, 0.1) is 5.82 Å². The number of carbonyl (C=O) groups is 1. The van der Waals surface area contributed by atoms with Crippen LogP contribution in [0.25, 0.3) is 0 Å². The predicted octanol–water partition coefficient (Wildman–Crippen LogP) is 3.35. The van der Waals surface area contributed by atoms with E-state index in [1.807, 2.05) is 20.8 Å². The Balaban J connectivity index is 2.27. The van der Waals surface area contributed by atoms with E-state index in [1.54, 1.807) is 6.07 Å². The minimum absolute atomic E-state index is 0.208. The summed E-state index contributed by atoms with van der Waals surface area (Å²) in [4.78, 5) is 16.5. The molecular formula is C16H18FN3O. The molecule has 5 heteroatoms. The molecule has 0 bridgehead atoms. The minimum atomic E-state index is -0.351. The molecule has 21 heavy (non-hydrogen) atoms. The Morgan fingerprint density at radius 3 is 2.38 bits per heavy atom. The van der Waals surface area contributed by atoms with Gasteiger partial charge >= 0.3 is 0 Å². The molecule has 0 atom stereocenters. The molecule has 0 unspecified atom stereocenters. The standard InChI is InChI=1S/C16H18FN3O/c1-16(2,3)13-8-10(9-14(18)20-13)15(21)19-12-6-4-11(17)5-7-12/h4-9H,1-3H3,(H2,18,20)(H,19,21). The molecule has 110 valence electrons. The van der Waals surface area contributed by atoms with E-state index in [-0.39, 0.29) is 17.1 Å². The summed E-state index contributed by atoms with van der Waals surface area (Å²) in [6.45, 7) is 5.99. The van der Waals surface area contributed by atoms with E-state index < -0.39 is 0 Å². The summed E-state index contributed by atoms with van der Waals surface area (Å²) in [6.07, 6.45) is 0. The highest BCUT2D eigenvalue weighted by Crippen LogP contribution is 2.23. The van der Waals surface area contributed by atoms with Crippen molar-refractivity contribution in [2.75, 3.05) is 11.1 Å². The van der Waals surface area contributed by atoms with Crippen molar-refractivity contribution in [2.24, 2.45) is 0 Å². The van der Waals surface area contributed by atoms with Crippen LogP contribution in [0.5, 0.6) is 0 Å². The Hall–Kier alpha value is -2.43. The van der Waals surface area contributed by atoms with Gasteiger partial charge in [0.1, 0.15) is 11.6 Å². The molecule has 1 aromatic carbocycles. The average molecular weight is 287 g/mol. The van der Waals surface area contributed by atoms with Crippen LogP contribution in [0.1, 0.15) is 36.8 Å². The lowest BCUT2D eigenvalue weighted by atomic mass is 9.90. The molecule has 0 saturated heterocycles. The minimum Gasteiger partial charge on any atom is -0.384 e. The van der Waals surface area contributed by atoms with Gasteiger partial charge in [-0.3, -0.25) is 4.79 Å². The molecule has 0 aliphatic rings. The second kappa shape index (κ2) is 5.52. The number of amides is 1. The SMILES string of the molecule is CC(C)(C)c1cc(C(=O)Nc2ccc(F)cc2)cc(N)n1. The van der Waals surface area contributed by atoms with E-state index >= 15 is 0 Å². The second-order valence-electron chi connectivity index (χ2n) is 5.88. The van der Waals surface area contributed by atoms with E-state index in [2.05, 4.69) is 10.3 Å². The monoisotopic (exact) mass is 287 g/mol. The van der Waals surface area contributed by atoms with Gasteiger partial charge in [0.2, 0.25) is 0 Å². The highest BCUT2D eigenvalue weighted by molar-refractivity contribution is 6.04. The Bertz CT molecular complexity index is 660. The number of hydrogen-bond acceptors (Lipinski definition) is 3. The summed E-state index contributed by atoms with van der Waals surface area (Å²) >= 11 is 0. The van der Waals surface area contributed by atoms with Gasteiger partial charge in [-0.05, 0) is 36.4 Å². The zero-order valence-corrected chi connectivity index (χ0v) is 12.3. The first-order valence-corrected chi connectivity index (χ1v) is 6.61. The fraction of sp³-hybridized carbons (Fsp3) is 0.250. The van der Waals surface area contributed by atoms with Crippen LogP contribution in [0.15, 0.2) is 36.4 Å². The van der Waals surface area contributed by atoms with Gasteiger partial charge in [-0.1, -0.05) is 20.8 Å². The first kappa shape index (κ1) is 15.0.